The molecule has 1 amide bonds. The predicted molar refractivity (Wildman–Crippen MR) is 83.9 cm³/mol. The van der Waals surface area contributed by atoms with E-state index in [4.69, 9.17) is 4.74 Å². The molecule has 0 atom stereocenters. The minimum atomic E-state index is -4.80. The Morgan fingerprint density at radius 3 is 2.15 bits per heavy atom. The molecule has 0 saturated carbocycles. The van der Waals surface area contributed by atoms with Crippen LogP contribution in [0.2, 0.25) is 0 Å². The number of esters is 1. The normalized spacial score (nSPS) is 10.7. The van der Waals surface area contributed by atoms with Crippen molar-refractivity contribution in [3.8, 4) is 5.75 Å². The molecule has 0 heterocycles. The first-order chi connectivity index (χ1) is 12.3. The summed E-state index contributed by atoms with van der Waals surface area (Å²) >= 11 is 0. The lowest BCUT2D eigenvalue weighted by Crippen LogP contribution is -2.21. The van der Waals surface area contributed by atoms with Crippen molar-refractivity contribution < 1.29 is 37.0 Å². The molecule has 136 valence electrons. The van der Waals surface area contributed by atoms with Crippen LogP contribution in [-0.2, 0) is 9.53 Å². The first-order valence-corrected chi connectivity index (χ1v) is 7.15. The maximum atomic E-state index is 12.1. The van der Waals surface area contributed by atoms with E-state index in [0.29, 0.717) is 11.8 Å². The number of nitrogens with one attached hydrogen (secondary N) is 1. The minimum Gasteiger partial charge on any atom is -0.452 e. The zero-order valence-electron chi connectivity index (χ0n) is 13.1. The Labute approximate surface area is 145 Å². The number of ether oxygens (including phenoxy) is 2. The van der Waals surface area contributed by atoms with Crippen LogP contribution in [0.4, 0.5) is 18.9 Å². The van der Waals surface area contributed by atoms with E-state index in [1.165, 1.54) is 36.4 Å². The van der Waals surface area contributed by atoms with Crippen molar-refractivity contribution in [1.82, 2.24) is 0 Å². The number of benzene rings is 2. The van der Waals surface area contributed by atoms with Crippen molar-refractivity contribution in [2.45, 2.75) is 6.36 Å². The molecule has 2 rings (SSSR count). The SMILES string of the molecule is O=Cc1ccc(C(=O)OCC(=O)Nc2ccc(OC(F)(F)F)cc2)cc1. The van der Waals surface area contributed by atoms with E-state index in [0.717, 1.165) is 12.1 Å². The third-order valence-corrected chi connectivity index (χ3v) is 2.99. The van der Waals surface area contributed by atoms with Gasteiger partial charge in [-0.3, -0.25) is 9.59 Å². The molecule has 0 saturated heterocycles. The van der Waals surface area contributed by atoms with Gasteiger partial charge in [-0.05, 0) is 36.4 Å². The van der Waals surface area contributed by atoms with Crippen LogP contribution in [0.15, 0.2) is 48.5 Å². The summed E-state index contributed by atoms with van der Waals surface area (Å²) in [6.45, 7) is -0.588. The maximum absolute atomic E-state index is 12.1. The predicted octanol–water partition coefficient (Wildman–Crippen LogP) is 3.19. The number of carbonyl (C=O) groups excluding carboxylic acids is 3. The van der Waals surface area contributed by atoms with E-state index in [-0.39, 0.29) is 11.3 Å². The molecule has 2 aromatic carbocycles. The number of aldehydes is 1. The van der Waals surface area contributed by atoms with Gasteiger partial charge in [-0.2, -0.15) is 0 Å². The fourth-order valence-electron chi connectivity index (χ4n) is 1.85. The number of alkyl halides is 3. The van der Waals surface area contributed by atoms with Gasteiger partial charge in [-0.15, -0.1) is 13.2 Å². The molecule has 0 aliphatic carbocycles. The fourth-order valence-corrected chi connectivity index (χ4v) is 1.85. The molecule has 0 fully saturated rings. The fraction of sp³-hybridized carbons (Fsp3) is 0.118. The Hall–Kier alpha value is -3.36. The average molecular weight is 367 g/mol. The number of anilines is 1. The maximum Gasteiger partial charge on any atom is 0.573 e. The van der Waals surface area contributed by atoms with Gasteiger partial charge in [0.2, 0.25) is 0 Å². The van der Waals surface area contributed by atoms with Crippen molar-refractivity contribution >= 4 is 23.9 Å². The van der Waals surface area contributed by atoms with Crippen molar-refractivity contribution in [3.63, 3.8) is 0 Å². The Kier molecular flexibility index (Phi) is 5.94. The lowest BCUT2D eigenvalue weighted by atomic mass is 10.1. The number of carbonyl (C=O) groups is 3. The number of rotatable bonds is 6. The lowest BCUT2D eigenvalue weighted by molar-refractivity contribution is -0.274. The molecule has 9 heteroatoms. The molecule has 0 bridgehead atoms. The first-order valence-electron chi connectivity index (χ1n) is 7.15. The second kappa shape index (κ2) is 8.15. The zero-order chi connectivity index (χ0) is 19.2. The van der Waals surface area contributed by atoms with Crippen LogP contribution in [0, 0.1) is 0 Å². The summed E-state index contributed by atoms with van der Waals surface area (Å²) in [5, 5.41) is 2.36. The molecule has 0 aliphatic rings. The van der Waals surface area contributed by atoms with E-state index in [9.17, 15) is 27.6 Å². The van der Waals surface area contributed by atoms with Crippen LogP contribution in [0.3, 0.4) is 0 Å². The average Bonchev–Trinajstić information content (AvgIpc) is 2.60. The summed E-state index contributed by atoms with van der Waals surface area (Å²) in [5.41, 5.74) is 0.755. The number of halogens is 3. The molecule has 1 N–H and O–H groups in total. The van der Waals surface area contributed by atoms with Crippen LogP contribution < -0.4 is 10.1 Å². The van der Waals surface area contributed by atoms with Crippen LogP contribution in [0.1, 0.15) is 20.7 Å². The Morgan fingerprint density at radius 1 is 1.00 bits per heavy atom. The van der Waals surface area contributed by atoms with Gasteiger partial charge in [0.15, 0.2) is 6.61 Å². The molecule has 0 radical (unpaired) electrons. The Morgan fingerprint density at radius 2 is 1.62 bits per heavy atom. The highest BCUT2D eigenvalue weighted by Gasteiger charge is 2.30. The van der Waals surface area contributed by atoms with Crippen LogP contribution in [-0.4, -0.2) is 31.1 Å². The van der Waals surface area contributed by atoms with E-state index in [1.54, 1.807) is 0 Å². The summed E-state index contributed by atoms with van der Waals surface area (Å²) < 4.78 is 44.7. The summed E-state index contributed by atoms with van der Waals surface area (Å²) in [5.74, 6) is -1.86. The van der Waals surface area contributed by atoms with Crippen LogP contribution in [0.25, 0.3) is 0 Å². The van der Waals surface area contributed by atoms with Gasteiger partial charge < -0.3 is 14.8 Å². The van der Waals surface area contributed by atoms with Gasteiger partial charge in [0.25, 0.3) is 5.91 Å². The quantitative estimate of drug-likeness (QED) is 0.626. The monoisotopic (exact) mass is 367 g/mol. The third kappa shape index (κ3) is 5.93. The van der Waals surface area contributed by atoms with Gasteiger partial charge in [0.1, 0.15) is 12.0 Å². The minimum absolute atomic E-state index is 0.164. The van der Waals surface area contributed by atoms with E-state index in [2.05, 4.69) is 10.1 Å². The lowest BCUT2D eigenvalue weighted by Gasteiger charge is -2.10. The highest BCUT2D eigenvalue weighted by Crippen LogP contribution is 2.23. The molecule has 0 aromatic heterocycles. The van der Waals surface area contributed by atoms with Crippen molar-refractivity contribution in [1.29, 1.82) is 0 Å². The smallest absolute Gasteiger partial charge is 0.452 e. The van der Waals surface area contributed by atoms with Gasteiger partial charge >= 0.3 is 12.3 Å². The zero-order valence-corrected chi connectivity index (χ0v) is 13.1. The van der Waals surface area contributed by atoms with Gasteiger partial charge in [0.05, 0.1) is 5.56 Å². The number of amides is 1. The molecule has 26 heavy (non-hydrogen) atoms. The van der Waals surface area contributed by atoms with E-state index < -0.39 is 30.6 Å². The van der Waals surface area contributed by atoms with Gasteiger partial charge in [-0.1, -0.05) is 12.1 Å². The molecular formula is C17H12F3NO5. The molecule has 2 aromatic rings. The largest absolute Gasteiger partial charge is 0.573 e. The number of hydrogen-bond donors (Lipinski definition) is 1. The Balaban J connectivity index is 1.84. The first kappa shape index (κ1) is 19.0. The Bertz CT molecular complexity index is 786. The second-order valence-electron chi connectivity index (χ2n) is 4.94. The van der Waals surface area contributed by atoms with Crippen molar-refractivity contribution in [2.75, 3.05) is 11.9 Å². The van der Waals surface area contributed by atoms with Crippen molar-refractivity contribution in [2.24, 2.45) is 0 Å². The molecule has 0 spiro atoms. The molecule has 6 nitrogen and oxygen atoms in total. The van der Waals surface area contributed by atoms with Gasteiger partial charge in [0, 0.05) is 11.3 Å². The summed E-state index contributed by atoms with van der Waals surface area (Å²) in [7, 11) is 0. The third-order valence-electron chi connectivity index (χ3n) is 2.99. The topological polar surface area (TPSA) is 81.7 Å². The summed E-state index contributed by atoms with van der Waals surface area (Å²) in [6.07, 6.45) is -4.18. The van der Waals surface area contributed by atoms with Gasteiger partial charge in [-0.25, -0.2) is 4.79 Å². The summed E-state index contributed by atoms with van der Waals surface area (Å²) in [6, 6.07) is 10.1. The van der Waals surface area contributed by atoms with Crippen molar-refractivity contribution in [3.05, 3.63) is 59.7 Å². The molecule has 0 aliphatic heterocycles. The second-order valence-corrected chi connectivity index (χ2v) is 4.94. The molecular weight excluding hydrogens is 355 g/mol. The standard InChI is InChI=1S/C17H12F3NO5/c18-17(19,20)26-14-7-5-13(6-8-14)21-15(23)10-25-16(24)12-3-1-11(9-22)2-4-12/h1-9H,10H2,(H,21,23). The number of hydrogen-bond acceptors (Lipinski definition) is 5. The highest BCUT2D eigenvalue weighted by atomic mass is 19.4. The summed E-state index contributed by atoms with van der Waals surface area (Å²) in [4.78, 5) is 34.0. The highest BCUT2D eigenvalue weighted by molar-refractivity contribution is 5.95. The molecule has 0 unspecified atom stereocenters. The van der Waals surface area contributed by atoms with Crippen LogP contribution >= 0.6 is 0 Å². The van der Waals surface area contributed by atoms with Crippen LogP contribution in [0.5, 0.6) is 5.75 Å². The van der Waals surface area contributed by atoms with E-state index in [1.807, 2.05) is 0 Å². The van der Waals surface area contributed by atoms with E-state index >= 15 is 0 Å².